The van der Waals surface area contributed by atoms with Crippen molar-refractivity contribution >= 4 is 28.6 Å². The van der Waals surface area contributed by atoms with Crippen LogP contribution in [-0.4, -0.2) is 27.8 Å². The number of ether oxygens (including phenoxy) is 1. The molecule has 0 aliphatic rings. The van der Waals surface area contributed by atoms with Crippen LogP contribution in [0, 0.1) is 6.92 Å². The van der Waals surface area contributed by atoms with Gasteiger partial charge in [-0.1, -0.05) is 29.1 Å². The number of carbonyl (C=O) groups excluding carboxylic acids is 1. The second-order valence-corrected chi connectivity index (χ2v) is 6.35. The van der Waals surface area contributed by atoms with Gasteiger partial charge in [-0.15, -0.1) is 0 Å². The number of benzene rings is 1. The fourth-order valence-electron chi connectivity index (χ4n) is 2.38. The standard InChI is InChI=1S/C17H17N3O4S/c1-11-9-12(19-24-11)10-25-17-18-14-6-4-3-5-13(14)16(22)20(17)8-7-15(21)23-2/h3-6,9H,7-8,10H2,1-2H3. The summed E-state index contributed by atoms with van der Waals surface area (Å²) in [5.41, 5.74) is 1.22. The SMILES string of the molecule is COC(=O)CCn1c(SCc2cc(C)on2)nc2ccccc2c1=O. The van der Waals surface area contributed by atoms with Crippen LogP contribution in [0.5, 0.6) is 0 Å². The second-order valence-electron chi connectivity index (χ2n) is 5.41. The number of hydrogen-bond acceptors (Lipinski definition) is 7. The fraction of sp³-hybridized carbons (Fsp3) is 0.294. The van der Waals surface area contributed by atoms with E-state index < -0.39 is 0 Å². The number of hydrogen-bond donors (Lipinski definition) is 0. The molecule has 7 nitrogen and oxygen atoms in total. The number of aryl methyl sites for hydroxylation is 1. The lowest BCUT2D eigenvalue weighted by Crippen LogP contribution is -2.24. The van der Waals surface area contributed by atoms with Gasteiger partial charge in [-0.3, -0.25) is 14.2 Å². The van der Waals surface area contributed by atoms with Gasteiger partial charge in [-0.05, 0) is 19.1 Å². The molecule has 2 heterocycles. The highest BCUT2D eigenvalue weighted by molar-refractivity contribution is 7.98. The first-order valence-corrected chi connectivity index (χ1v) is 8.68. The van der Waals surface area contributed by atoms with Crippen molar-refractivity contribution in [2.75, 3.05) is 7.11 Å². The van der Waals surface area contributed by atoms with Crippen molar-refractivity contribution in [3.05, 3.63) is 52.1 Å². The summed E-state index contributed by atoms with van der Waals surface area (Å²) < 4.78 is 11.2. The zero-order valence-electron chi connectivity index (χ0n) is 13.9. The molecule has 2 aromatic heterocycles. The number of para-hydroxylation sites is 1. The van der Waals surface area contributed by atoms with Crippen LogP contribution in [0.4, 0.5) is 0 Å². The van der Waals surface area contributed by atoms with Crippen molar-refractivity contribution in [3.8, 4) is 0 Å². The number of methoxy groups -OCH3 is 1. The van der Waals surface area contributed by atoms with Crippen LogP contribution < -0.4 is 5.56 Å². The maximum atomic E-state index is 12.8. The molecule has 0 saturated carbocycles. The van der Waals surface area contributed by atoms with E-state index in [0.717, 1.165) is 11.5 Å². The van der Waals surface area contributed by atoms with Gasteiger partial charge < -0.3 is 9.26 Å². The Bertz CT molecular complexity index is 964. The van der Waals surface area contributed by atoms with E-state index in [0.29, 0.717) is 21.8 Å². The Balaban J connectivity index is 1.95. The summed E-state index contributed by atoms with van der Waals surface area (Å²) in [6, 6.07) is 9.00. The number of thioether (sulfide) groups is 1. The summed E-state index contributed by atoms with van der Waals surface area (Å²) in [5.74, 6) is 0.869. The van der Waals surface area contributed by atoms with Gasteiger partial charge in [0.2, 0.25) is 0 Å². The molecule has 0 radical (unpaired) electrons. The minimum absolute atomic E-state index is 0.104. The Labute approximate surface area is 148 Å². The lowest BCUT2D eigenvalue weighted by Gasteiger charge is -2.12. The molecular formula is C17H17N3O4S. The quantitative estimate of drug-likeness (QED) is 0.380. The van der Waals surface area contributed by atoms with E-state index in [-0.39, 0.29) is 24.5 Å². The summed E-state index contributed by atoms with van der Waals surface area (Å²) in [4.78, 5) is 28.8. The smallest absolute Gasteiger partial charge is 0.307 e. The van der Waals surface area contributed by atoms with Crippen molar-refractivity contribution in [1.29, 1.82) is 0 Å². The molecule has 0 fully saturated rings. The second kappa shape index (κ2) is 7.52. The molecule has 0 spiro atoms. The summed E-state index contributed by atoms with van der Waals surface area (Å²) in [7, 11) is 1.33. The van der Waals surface area contributed by atoms with E-state index in [9.17, 15) is 9.59 Å². The first kappa shape index (κ1) is 17.2. The average molecular weight is 359 g/mol. The van der Waals surface area contributed by atoms with Crippen LogP contribution in [0.2, 0.25) is 0 Å². The highest BCUT2D eigenvalue weighted by Crippen LogP contribution is 2.22. The molecule has 0 aliphatic heterocycles. The minimum Gasteiger partial charge on any atom is -0.469 e. The van der Waals surface area contributed by atoms with Crippen LogP contribution >= 0.6 is 11.8 Å². The topological polar surface area (TPSA) is 87.2 Å². The lowest BCUT2D eigenvalue weighted by molar-refractivity contribution is -0.140. The molecule has 0 bridgehead atoms. The van der Waals surface area contributed by atoms with E-state index >= 15 is 0 Å². The van der Waals surface area contributed by atoms with Crippen LogP contribution in [-0.2, 0) is 21.8 Å². The lowest BCUT2D eigenvalue weighted by atomic mass is 10.2. The Hall–Kier alpha value is -2.61. The van der Waals surface area contributed by atoms with Gasteiger partial charge in [-0.2, -0.15) is 0 Å². The van der Waals surface area contributed by atoms with E-state index in [2.05, 4.69) is 14.9 Å². The van der Waals surface area contributed by atoms with Gasteiger partial charge in [0.25, 0.3) is 5.56 Å². The molecule has 0 atom stereocenters. The van der Waals surface area contributed by atoms with Crippen LogP contribution in [0.1, 0.15) is 17.9 Å². The number of rotatable bonds is 6. The predicted octanol–water partition coefficient (Wildman–Crippen LogP) is 2.55. The van der Waals surface area contributed by atoms with Crippen LogP contribution in [0.25, 0.3) is 10.9 Å². The van der Waals surface area contributed by atoms with Gasteiger partial charge in [0.1, 0.15) is 5.76 Å². The van der Waals surface area contributed by atoms with Crippen molar-refractivity contribution in [2.24, 2.45) is 0 Å². The molecule has 3 rings (SSSR count). The zero-order chi connectivity index (χ0) is 17.8. The highest BCUT2D eigenvalue weighted by atomic mass is 32.2. The maximum Gasteiger partial charge on any atom is 0.307 e. The molecule has 0 aliphatic carbocycles. The average Bonchev–Trinajstić information content (AvgIpc) is 3.04. The molecule has 8 heteroatoms. The third kappa shape index (κ3) is 3.90. The van der Waals surface area contributed by atoms with E-state index in [1.165, 1.54) is 23.4 Å². The van der Waals surface area contributed by atoms with E-state index in [1.54, 1.807) is 18.2 Å². The molecule has 25 heavy (non-hydrogen) atoms. The van der Waals surface area contributed by atoms with Crippen LogP contribution in [0.3, 0.4) is 0 Å². The summed E-state index contributed by atoms with van der Waals surface area (Å²) in [6.07, 6.45) is 0.104. The van der Waals surface area contributed by atoms with Crippen molar-refractivity contribution in [3.63, 3.8) is 0 Å². The third-order valence-electron chi connectivity index (χ3n) is 3.62. The number of nitrogens with zero attached hydrogens (tertiary/aromatic N) is 3. The largest absolute Gasteiger partial charge is 0.469 e. The third-order valence-corrected chi connectivity index (χ3v) is 4.63. The molecular weight excluding hydrogens is 342 g/mol. The number of esters is 1. The highest BCUT2D eigenvalue weighted by Gasteiger charge is 2.14. The monoisotopic (exact) mass is 359 g/mol. The van der Waals surface area contributed by atoms with Crippen molar-refractivity contribution in [2.45, 2.75) is 30.8 Å². The normalized spacial score (nSPS) is 11.0. The molecule has 1 aromatic carbocycles. The van der Waals surface area contributed by atoms with Gasteiger partial charge in [-0.25, -0.2) is 4.98 Å². The predicted molar refractivity (Wildman–Crippen MR) is 93.4 cm³/mol. The summed E-state index contributed by atoms with van der Waals surface area (Å²) >= 11 is 1.38. The Morgan fingerprint density at radius 3 is 2.88 bits per heavy atom. The van der Waals surface area contributed by atoms with Crippen LogP contribution in [0.15, 0.2) is 44.8 Å². The Kier molecular flexibility index (Phi) is 5.18. The summed E-state index contributed by atoms with van der Waals surface area (Å²) in [6.45, 7) is 2.03. The Morgan fingerprint density at radius 2 is 2.16 bits per heavy atom. The van der Waals surface area contributed by atoms with Gasteiger partial charge in [0.15, 0.2) is 5.16 Å². The minimum atomic E-state index is -0.372. The molecule has 0 saturated heterocycles. The fourth-order valence-corrected chi connectivity index (χ4v) is 3.29. The van der Waals surface area contributed by atoms with Gasteiger partial charge >= 0.3 is 5.97 Å². The number of carbonyl (C=O) groups is 1. The number of fused-ring (bicyclic) bond motifs is 1. The van der Waals surface area contributed by atoms with E-state index in [4.69, 9.17) is 4.52 Å². The van der Waals surface area contributed by atoms with Gasteiger partial charge in [0, 0.05) is 18.4 Å². The van der Waals surface area contributed by atoms with E-state index in [1.807, 2.05) is 19.1 Å². The van der Waals surface area contributed by atoms with Crippen molar-refractivity contribution < 1.29 is 14.1 Å². The zero-order valence-corrected chi connectivity index (χ0v) is 14.7. The Morgan fingerprint density at radius 1 is 1.36 bits per heavy atom. The summed E-state index contributed by atoms with van der Waals surface area (Å²) in [5, 5.41) is 5.01. The maximum absolute atomic E-state index is 12.8. The first-order valence-electron chi connectivity index (χ1n) is 7.70. The van der Waals surface area contributed by atoms with Crippen molar-refractivity contribution in [1.82, 2.24) is 14.7 Å². The molecule has 0 N–H and O–H groups in total. The molecule has 0 unspecified atom stereocenters. The molecule has 130 valence electrons. The molecule has 3 aromatic rings. The van der Waals surface area contributed by atoms with Gasteiger partial charge in [0.05, 0.1) is 30.1 Å². The molecule has 0 amide bonds. The first-order chi connectivity index (χ1) is 12.1. The number of aromatic nitrogens is 3.